The molecule has 0 atom stereocenters. The largest absolute Gasteiger partial charge is 0.454 e. The topological polar surface area (TPSA) is 47.9 Å². The van der Waals surface area contributed by atoms with Crippen molar-refractivity contribution < 1.29 is 14.3 Å². The fourth-order valence-corrected chi connectivity index (χ4v) is 3.59. The van der Waals surface area contributed by atoms with Gasteiger partial charge in [0.05, 0.1) is 12.3 Å². The Morgan fingerprint density at radius 3 is 3.11 bits per heavy atom. The molecule has 0 N–H and O–H groups in total. The Bertz CT molecular complexity index is 516. The van der Waals surface area contributed by atoms with Crippen LogP contribution in [0.3, 0.4) is 0 Å². The summed E-state index contributed by atoms with van der Waals surface area (Å²) in [6, 6.07) is 5.30. The van der Waals surface area contributed by atoms with Crippen LogP contribution in [-0.2, 0) is 0 Å². The van der Waals surface area contributed by atoms with Crippen molar-refractivity contribution in [1.29, 1.82) is 0 Å². The molecule has 2 aliphatic heterocycles. The van der Waals surface area contributed by atoms with Crippen LogP contribution in [-0.4, -0.2) is 35.0 Å². The normalized spacial score (nSPS) is 16.8. The van der Waals surface area contributed by atoms with Crippen LogP contribution in [0.15, 0.2) is 23.2 Å². The molecule has 1 aromatic carbocycles. The number of Topliss-reactive ketones (excluding diaryl/α,β-unsaturated/α-hetero) is 1. The Labute approximate surface area is 113 Å². The van der Waals surface area contributed by atoms with Gasteiger partial charge in [0.1, 0.15) is 4.38 Å². The molecule has 0 aliphatic carbocycles. The predicted molar refractivity (Wildman–Crippen MR) is 74.1 cm³/mol. The maximum absolute atomic E-state index is 12.0. The second-order valence-corrected chi connectivity index (χ2v) is 6.08. The molecule has 0 radical (unpaired) electrons. The van der Waals surface area contributed by atoms with E-state index in [9.17, 15) is 4.79 Å². The number of benzene rings is 1. The van der Waals surface area contributed by atoms with E-state index in [0.29, 0.717) is 22.8 Å². The van der Waals surface area contributed by atoms with Crippen LogP contribution in [0.4, 0.5) is 0 Å². The number of hydrogen-bond donors (Lipinski definition) is 0. The lowest BCUT2D eigenvalue weighted by atomic mass is 10.1. The van der Waals surface area contributed by atoms with E-state index in [1.165, 1.54) is 11.8 Å². The van der Waals surface area contributed by atoms with Gasteiger partial charge in [-0.15, -0.1) is 0 Å². The van der Waals surface area contributed by atoms with Crippen LogP contribution in [0.5, 0.6) is 11.5 Å². The standard InChI is InChI=1S/C12H11NO3S2/c14-9(6-18-12-13-3-4-17-12)8-1-2-10-11(5-8)16-7-15-10/h1-2,5H,3-4,6-7H2. The zero-order valence-corrected chi connectivity index (χ0v) is 11.2. The SMILES string of the molecule is O=C(CSC1=NCCS1)c1ccc2c(c1)OCO2. The molecular formula is C12H11NO3S2. The lowest BCUT2D eigenvalue weighted by Gasteiger charge is -2.02. The summed E-state index contributed by atoms with van der Waals surface area (Å²) >= 11 is 3.23. The van der Waals surface area contributed by atoms with Crippen molar-refractivity contribution in [2.75, 3.05) is 24.8 Å². The number of hydrogen-bond acceptors (Lipinski definition) is 6. The quantitative estimate of drug-likeness (QED) is 0.796. The van der Waals surface area contributed by atoms with Gasteiger partial charge in [0.15, 0.2) is 17.3 Å². The highest BCUT2D eigenvalue weighted by atomic mass is 32.2. The average molecular weight is 281 g/mol. The van der Waals surface area contributed by atoms with Crippen molar-refractivity contribution in [3.63, 3.8) is 0 Å². The third-order valence-corrected chi connectivity index (χ3v) is 4.83. The van der Waals surface area contributed by atoms with Crippen LogP contribution in [0, 0.1) is 0 Å². The van der Waals surface area contributed by atoms with Crippen molar-refractivity contribution >= 4 is 33.7 Å². The zero-order chi connectivity index (χ0) is 12.4. The van der Waals surface area contributed by atoms with Gasteiger partial charge < -0.3 is 9.47 Å². The average Bonchev–Trinajstić information content (AvgIpc) is 3.05. The van der Waals surface area contributed by atoms with Gasteiger partial charge in [-0.05, 0) is 18.2 Å². The lowest BCUT2D eigenvalue weighted by Crippen LogP contribution is -2.03. The number of ether oxygens (including phenoxy) is 2. The summed E-state index contributed by atoms with van der Waals surface area (Å²) in [5, 5.41) is 0. The summed E-state index contributed by atoms with van der Waals surface area (Å²) in [4.78, 5) is 16.3. The van der Waals surface area contributed by atoms with Gasteiger partial charge in [0, 0.05) is 11.3 Å². The van der Waals surface area contributed by atoms with E-state index in [2.05, 4.69) is 4.99 Å². The molecule has 3 rings (SSSR count). The number of carbonyl (C=O) groups is 1. The molecule has 1 aromatic rings. The van der Waals surface area contributed by atoms with Gasteiger partial charge in [-0.2, -0.15) is 0 Å². The van der Waals surface area contributed by atoms with Crippen LogP contribution < -0.4 is 9.47 Å². The van der Waals surface area contributed by atoms with Gasteiger partial charge in [0.25, 0.3) is 0 Å². The smallest absolute Gasteiger partial charge is 0.231 e. The molecule has 0 amide bonds. The second-order valence-electron chi connectivity index (χ2n) is 3.78. The van der Waals surface area contributed by atoms with E-state index >= 15 is 0 Å². The number of fused-ring (bicyclic) bond motifs is 1. The highest BCUT2D eigenvalue weighted by molar-refractivity contribution is 8.39. The first-order chi connectivity index (χ1) is 8.83. The number of rotatable bonds is 3. The first-order valence-corrected chi connectivity index (χ1v) is 7.53. The molecule has 0 spiro atoms. The van der Waals surface area contributed by atoms with Crippen molar-refractivity contribution in [3.8, 4) is 11.5 Å². The van der Waals surface area contributed by atoms with Crippen molar-refractivity contribution in [3.05, 3.63) is 23.8 Å². The summed E-state index contributed by atoms with van der Waals surface area (Å²) in [6.07, 6.45) is 0. The minimum absolute atomic E-state index is 0.0912. The van der Waals surface area contributed by atoms with Crippen LogP contribution in [0.25, 0.3) is 0 Å². The van der Waals surface area contributed by atoms with E-state index in [1.807, 2.05) is 0 Å². The minimum Gasteiger partial charge on any atom is -0.454 e. The number of carbonyl (C=O) groups excluding carboxylic acids is 1. The molecule has 2 aliphatic rings. The molecule has 0 fully saturated rings. The highest BCUT2D eigenvalue weighted by Crippen LogP contribution is 2.33. The van der Waals surface area contributed by atoms with Gasteiger partial charge in [-0.3, -0.25) is 9.79 Å². The number of ketones is 1. The van der Waals surface area contributed by atoms with Crippen molar-refractivity contribution in [1.82, 2.24) is 0 Å². The first-order valence-electron chi connectivity index (χ1n) is 5.56. The van der Waals surface area contributed by atoms with Crippen LogP contribution >= 0.6 is 23.5 Å². The van der Waals surface area contributed by atoms with Gasteiger partial charge >= 0.3 is 0 Å². The van der Waals surface area contributed by atoms with Gasteiger partial charge in [-0.1, -0.05) is 23.5 Å². The monoisotopic (exact) mass is 281 g/mol. The van der Waals surface area contributed by atoms with Crippen LogP contribution in [0.1, 0.15) is 10.4 Å². The van der Waals surface area contributed by atoms with Gasteiger partial charge in [0.2, 0.25) is 6.79 Å². The first kappa shape index (κ1) is 11.9. The van der Waals surface area contributed by atoms with Crippen molar-refractivity contribution in [2.24, 2.45) is 4.99 Å². The van der Waals surface area contributed by atoms with Gasteiger partial charge in [-0.25, -0.2) is 0 Å². The Morgan fingerprint density at radius 2 is 2.28 bits per heavy atom. The Morgan fingerprint density at radius 1 is 1.39 bits per heavy atom. The molecule has 0 unspecified atom stereocenters. The van der Waals surface area contributed by atoms with E-state index in [0.717, 1.165) is 16.7 Å². The summed E-state index contributed by atoms with van der Waals surface area (Å²) in [7, 11) is 0. The fraction of sp³-hybridized carbons (Fsp3) is 0.333. The van der Waals surface area contributed by atoms with E-state index in [4.69, 9.17) is 9.47 Å². The minimum atomic E-state index is 0.0912. The lowest BCUT2D eigenvalue weighted by molar-refractivity contribution is 0.102. The Kier molecular flexibility index (Phi) is 3.47. The summed E-state index contributed by atoms with van der Waals surface area (Å²) in [5.41, 5.74) is 0.662. The molecule has 6 heteroatoms. The molecule has 0 saturated carbocycles. The molecule has 18 heavy (non-hydrogen) atoms. The Hall–Kier alpha value is -1.14. The maximum atomic E-state index is 12.0. The van der Waals surface area contributed by atoms with Crippen LogP contribution in [0.2, 0.25) is 0 Å². The Balaban J connectivity index is 1.65. The summed E-state index contributed by atoms with van der Waals surface area (Å²) < 4.78 is 11.5. The van der Waals surface area contributed by atoms with E-state index < -0.39 is 0 Å². The number of thioether (sulfide) groups is 2. The highest BCUT2D eigenvalue weighted by Gasteiger charge is 2.17. The number of aliphatic imine (C=N–C) groups is 1. The van der Waals surface area contributed by atoms with E-state index in [1.54, 1.807) is 30.0 Å². The third-order valence-electron chi connectivity index (χ3n) is 2.58. The second kappa shape index (κ2) is 5.24. The third kappa shape index (κ3) is 2.49. The molecule has 94 valence electrons. The molecule has 0 aromatic heterocycles. The molecule has 2 heterocycles. The molecule has 0 saturated heterocycles. The van der Waals surface area contributed by atoms with E-state index in [-0.39, 0.29) is 12.6 Å². The van der Waals surface area contributed by atoms with Crippen molar-refractivity contribution in [2.45, 2.75) is 0 Å². The zero-order valence-electron chi connectivity index (χ0n) is 9.55. The molecule has 0 bridgehead atoms. The predicted octanol–water partition coefficient (Wildman–Crippen LogP) is 2.43. The fourth-order valence-electron chi connectivity index (χ4n) is 1.68. The maximum Gasteiger partial charge on any atom is 0.231 e. The molecular weight excluding hydrogens is 270 g/mol. The summed E-state index contributed by atoms with van der Waals surface area (Å²) in [5.74, 6) is 2.90. The number of nitrogens with zero attached hydrogens (tertiary/aromatic N) is 1. The molecule has 4 nitrogen and oxygen atoms in total. The summed E-state index contributed by atoms with van der Waals surface area (Å²) in [6.45, 7) is 1.10.